The molecular weight excluding hydrogens is 188 g/mol. The van der Waals surface area contributed by atoms with E-state index in [1.807, 2.05) is 6.08 Å². The molecule has 0 aromatic carbocycles. The zero-order valence-corrected chi connectivity index (χ0v) is 9.62. The monoisotopic (exact) mass is 208 g/mol. The van der Waals surface area contributed by atoms with Crippen molar-refractivity contribution in [1.29, 1.82) is 0 Å². The smallest absolute Gasteiger partial charge is 0.331 e. The molecule has 0 amide bonds. The predicted molar refractivity (Wildman–Crippen MR) is 61.7 cm³/mol. The van der Waals surface area contributed by atoms with E-state index in [-0.39, 0.29) is 0 Å². The molecule has 0 aromatic rings. The van der Waals surface area contributed by atoms with E-state index in [1.165, 1.54) is 12.0 Å². The van der Waals surface area contributed by atoms with Crippen molar-refractivity contribution in [2.24, 2.45) is 5.92 Å². The van der Waals surface area contributed by atoms with Gasteiger partial charge >= 0.3 is 5.97 Å². The standard InChI is InChI=1S/C13H20O2/c1-10(2)4-3-5-11-6-8-12(9-7-11)13(14)15/h4,8,11H,3,5-7,9H2,1-2H3,(H,14,15). The van der Waals surface area contributed by atoms with Gasteiger partial charge in [0.2, 0.25) is 0 Å². The lowest BCUT2D eigenvalue weighted by atomic mass is 9.86. The van der Waals surface area contributed by atoms with E-state index >= 15 is 0 Å². The molecule has 0 aliphatic heterocycles. The molecule has 1 atom stereocenters. The summed E-state index contributed by atoms with van der Waals surface area (Å²) in [6, 6.07) is 0. The molecule has 0 saturated carbocycles. The van der Waals surface area contributed by atoms with Crippen LogP contribution in [0.1, 0.15) is 46.0 Å². The fourth-order valence-corrected chi connectivity index (χ4v) is 1.95. The molecule has 1 unspecified atom stereocenters. The quantitative estimate of drug-likeness (QED) is 0.717. The molecule has 15 heavy (non-hydrogen) atoms. The summed E-state index contributed by atoms with van der Waals surface area (Å²) in [5, 5.41) is 8.80. The van der Waals surface area contributed by atoms with Crippen LogP contribution in [-0.2, 0) is 4.79 Å². The number of carboxylic acids is 1. The van der Waals surface area contributed by atoms with Crippen LogP contribution < -0.4 is 0 Å². The van der Waals surface area contributed by atoms with Gasteiger partial charge in [0.15, 0.2) is 0 Å². The second-order valence-corrected chi connectivity index (χ2v) is 4.53. The van der Waals surface area contributed by atoms with Gasteiger partial charge in [0.05, 0.1) is 0 Å². The first-order chi connectivity index (χ1) is 7.09. The maximum Gasteiger partial charge on any atom is 0.331 e. The summed E-state index contributed by atoms with van der Waals surface area (Å²) in [6.07, 6.45) is 9.20. The van der Waals surface area contributed by atoms with Gasteiger partial charge in [0, 0.05) is 5.57 Å². The molecule has 1 aliphatic carbocycles. The van der Waals surface area contributed by atoms with E-state index in [0.717, 1.165) is 25.7 Å². The number of allylic oxidation sites excluding steroid dienone is 3. The van der Waals surface area contributed by atoms with Crippen LogP contribution in [0.5, 0.6) is 0 Å². The Morgan fingerprint density at radius 3 is 2.80 bits per heavy atom. The largest absolute Gasteiger partial charge is 0.478 e. The summed E-state index contributed by atoms with van der Waals surface area (Å²) in [5.41, 5.74) is 1.97. The number of carboxylic acid groups (broad SMARTS) is 1. The van der Waals surface area contributed by atoms with Crippen molar-refractivity contribution in [3.05, 3.63) is 23.3 Å². The van der Waals surface area contributed by atoms with Gasteiger partial charge < -0.3 is 5.11 Å². The summed E-state index contributed by atoms with van der Waals surface area (Å²) >= 11 is 0. The van der Waals surface area contributed by atoms with Crippen molar-refractivity contribution in [3.63, 3.8) is 0 Å². The fraction of sp³-hybridized carbons (Fsp3) is 0.615. The third kappa shape index (κ3) is 4.32. The van der Waals surface area contributed by atoms with E-state index < -0.39 is 5.97 Å². The molecule has 2 heteroatoms. The summed E-state index contributed by atoms with van der Waals surface area (Å²) in [7, 11) is 0. The van der Waals surface area contributed by atoms with Crippen LogP contribution in [0.2, 0.25) is 0 Å². The Bertz CT molecular complexity index is 283. The van der Waals surface area contributed by atoms with Gasteiger partial charge in [-0.25, -0.2) is 4.79 Å². The maximum atomic E-state index is 10.7. The van der Waals surface area contributed by atoms with Crippen molar-refractivity contribution in [2.75, 3.05) is 0 Å². The number of carbonyl (C=O) groups is 1. The zero-order chi connectivity index (χ0) is 11.3. The van der Waals surface area contributed by atoms with Crippen LogP contribution >= 0.6 is 0 Å². The summed E-state index contributed by atoms with van der Waals surface area (Å²) in [5.74, 6) is -0.0542. The Labute approximate surface area is 91.7 Å². The van der Waals surface area contributed by atoms with Gasteiger partial charge in [0.25, 0.3) is 0 Å². The van der Waals surface area contributed by atoms with Gasteiger partial charge in [0.1, 0.15) is 0 Å². The number of aliphatic carboxylic acids is 1. The Kier molecular flexibility index (Phi) is 4.60. The van der Waals surface area contributed by atoms with Crippen LogP contribution in [0.4, 0.5) is 0 Å². The summed E-state index contributed by atoms with van der Waals surface area (Å²) in [6.45, 7) is 4.23. The molecule has 0 radical (unpaired) electrons. The average Bonchev–Trinajstić information content (AvgIpc) is 2.18. The molecule has 2 nitrogen and oxygen atoms in total. The van der Waals surface area contributed by atoms with Crippen molar-refractivity contribution in [2.45, 2.75) is 46.0 Å². The second kappa shape index (κ2) is 5.74. The first kappa shape index (κ1) is 12.0. The van der Waals surface area contributed by atoms with Gasteiger partial charge in [-0.1, -0.05) is 17.7 Å². The van der Waals surface area contributed by atoms with Crippen LogP contribution in [0, 0.1) is 5.92 Å². The van der Waals surface area contributed by atoms with Crippen LogP contribution in [-0.4, -0.2) is 11.1 Å². The van der Waals surface area contributed by atoms with Crippen molar-refractivity contribution in [1.82, 2.24) is 0 Å². The fourth-order valence-electron chi connectivity index (χ4n) is 1.95. The maximum absolute atomic E-state index is 10.7. The highest BCUT2D eigenvalue weighted by Gasteiger charge is 2.17. The van der Waals surface area contributed by atoms with Crippen molar-refractivity contribution in [3.8, 4) is 0 Å². The number of hydrogen-bond acceptors (Lipinski definition) is 1. The highest BCUT2D eigenvalue weighted by atomic mass is 16.4. The summed E-state index contributed by atoms with van der Waals surface area (Å²) < 4.78 is 0. The van der Waals surface area contributed by atoms with Gasteiger partial charge in [-0.2, -0.15) is 0 Å². The predicted octanol–water partition coefficient (Wildman–Crippen LogP) is 3.54. The van der Waals surface area contributed by atoms with Gasteiger partial charge in [-0.3, -0.25) is 0 Å². The van der Waals surface area contributed by atoms with Gasteiger partial charge in [-0.15, -0.1) is 0 Å². The Hall–Kier alpha value is -1.05. The van der Waals surface area contributed by atoms with E-state index in [2.05, 4.69) is 19.9 Å². The van der Waals surface area contributed by atoms with Crippen molar-refractivity contribution >= 4 is 5.97 Å². The molecule has 0 spiro atoms. The lowest BCUT2D eigenvalue weighted by Crippen LogP contribution is -2.10. The third-order valence-electron chi connectivity index (χ3n) is 2.92. The molecule has 84 valence electrons. The number of rotatable bonds is 4. The molecular formula is C13H20O2. The number of hydrogen-bond donors (Lipinski definition) is 1. The van der Waals surface area contributed by atoms with E-state index in [0.29, 0.717) is 11.5 Å². The van der Waals surface area contributed by atoms with Crippen molar-refractivity contribution < 1.29 is 9.90 Å². The first-order valence-corrected chi connectivity index (χ1v) is 5.65. The molecule has 0 heterocycles. The molecule has 1 rings (SSSR count). The van der Waals surface area contributed by atoms with Crippen LogP contribution in [0.25, 0.3) is 0 Å². The summed E-state index contributed by atoms with van der Waals surface area (Å²) in [4.78, 5) is 10.7. The molecule has 0 fully saturated rings. The lowest BCUT2D eigenvalue weighted by Gasteiger charge is -2.19. The van der Waals surface area contributed by atoms with Crippen LogP contribution in [0.15, 0.2) is 23.3 Å². The molecule has 1 aliphatic rings. The normalized spacial score (nSPS) is 20.7. The molecule has 0 aromatic heterocycles. The van der Waals surface area contributed by atoms with E-state index in [4.69, 9.17) is 5.11 Å². The molecule has 0 saturated heterocycles. The highest BCUT2D eigenvalue weighted by Crippen LogP contribution is 2.27. The average molecular weight is 208 g/mol. The van der Waals surface area contributed by atoms with E-state index in [1.54, 1.807) is 0 Å². The first-order valence-electron chi connectivity index (χ1n) is 5.65. The topological polar surface area (TPSA) is 37.3 Å². The highest BCUT2D eigenvalue weighted by molar-refractivity contribution is 5.86. The third-order valence-corrected chi connectivity index (χ3v) is 2.92. The van der Waals surface area contributed by atoms with E-state index in [9.17, 15) is 4.79 Å². The molecule has 0 bridgehead atoms. The Morgan fingerprint density at radius 2 is 2.33 bits per heavy atom. The second-order valence-electron chi connectivity index (χ2n) is 4.53. The van der Waals surface area contributed by atoms with Gasteiger partial charge in [-0.05, 0) is 51.9 Å². The van der Waals surface area contributed by atoms with Crippen LogP contribution in [0.3, 0.4) is 0 Å². The lowest BCUT2D eigenvalue weighted by molar-refractivity contribution is -0.132. The minimum atomic E-state index is -0.738. The Morgan fingerprint density at radius 1 is 1.60 bits per heavy atom. The minimum absolute atomic E-state index is 0.605. The SMILES string of the molecule is CC(C)=CCCC1CC=C(C(=O)O)CC1. The Balaban J connectivity index is 2.32. The zero-order valence-electron chi connectivity index (χ0n) is 9.62. The molecule has 1 N–H and O–H groups in total. The minimum Gasteiger partial charge on any atom is -0.478 e.